The highest BCUT2D eigenvalue weighted by Crippen LogP contribution is 2.28. The summed E-state index contributed by atoms with van der Waals surface area (Å²) in [5.41, 5.74) is 2.07. The van der Waals surface area contributed by atoms with Gasteiger partial charge in [0.15, 0.2) is 0 Å². The molecule has 0 aliphatic heterocycles. The zero-order chi connectivity index (χ0) is 13.2. The summed E-state index contributed by atoms with van der Waals surface area (Å²) in [4.78, 5) is 0. The topological polar surface area (TPSA) is 38.0 Å². The van der Waals surface area contributed by atoms with Crippen LogP contribution in [0.5, 0.6) is 0 Å². The number of aromatic nitrogens is 2. The molecule has 0 amide bonds. The summed E-state index contributed by atoms with van der Waals surface area (Å²) < 4.78 is 3.04. The summed E-state index contributed by atoms with van der Waals surface area (Å²) in [5, 5.41) is 14.7. The third-order valence-corrected chi connectivity index (χ3v) is 4.00. The summed E-state index contributed by atoms with van der Waals surface area (Å²) in [6.07, 6.45) is 1.20. The van der Waals surface area contributed by atoms with E-state index in [4.69, 9.17) is 0 Å². The summed E-state index contributed by atoms with van der Waals surface area (Å²) >= 11 is 3.60. The predicted molar refractivity (Wildman–Crippen MR) is 74.1 cm³/mol. The first kappa shape index (κ1) is 14.7. The number of rotatable bonds is 4. The summed E-state index contributed by atoms with van der Waals surface area (Å²) in [6.45, 7) is 11.2. The molecule has 0 saturated heterocycles. The Hall–Kier alpha value is -0.350. The Morgan fingerprint density at radius 3 is 2.35 bits per heavy atom. The van der Waals surface area contributed by atoms with Crippen LogP contribution in [0, 0.1) is 5.41 Å². The van der Waals surface area contributed by atoms with E-state index in [9.17, 15) is 5.11 Å². The van der Waals surface area contributed by atoms with Crippen LogP contribution in [0.15, 0.2) is 4.47 Å². The van der Waals surface area contributed by atoms with Gasteiger partial charge < -0.3 is 5.11 Å². The highest BCUT2D eigenvalue weighted by Gasteiger charge is 2.25. The number of aliphatic hydroxyl groups excluding tert-OH is 1. The number of aliphatic hydroxyl groups is 1. The monoisotopic (exact) mass is 302 g/mol. The molecule has 0 aliphatic rings. The first-order chi connectivity index (χ1) is 7.81. The largest absolute Gasteiger partial charge is 0.392 e. The lowest BCUT2D eigenvalue weighted by Crippen LogP contribution is -2.29. The third kappa shape index (κ3) is 3.32. The fourth-order valence-electron chi connectivity index (χ4n) is 1.70. The van der Waals surface area contributed by atoms with Crippen molar-refractivity contribution in [2.75, 3.05) is 0 Å². The van der Waals surface area contributed by atoms with Gasteiger partial charge in [0.2, 0.25) is 0 Å². The maximum absolute atomic E-state index is 10.2. The van der Waals surface area contributed by atoms with Crippen LogP contribution in [0.4, 0.5) is 0 Å². The molecule has 3 nitrogen and oxygen atoms in total. The molecule has 98 valence electrons. The summed E-state index contributed by atoms with van der Waals surface area (Å²) in [5.74, 6) is 0. The van der Waals surface area contributed by atoms with Crippen molar-refractivity contribution in [1.29, 1.82) is 0 Å². The molecule has 0 spiro atoms. The molecule has 0 aliphatic carbocycles. The lowest BCUT2D eigenvalue weighted by Gasteiger charge is -2.26. The molecular formula is C13H23BrN2O. The molecule has 0 bridgehead atoms. The van der Waals surface area contributed by atoms with Crippen molar-refractivity contribution in [2.45, 2.75) is 60.1 Å². The molecule has 1 unspecified atom stereocenters. The van der Waals surface area contributed by atoms with Gasteiger partial charge in [-0.25, -0.2) is 0 Å². The number of aryl methyl sites for hydroxylation is 2. The third-order valence-electron chi connectivity index (χ3n) is 3.08. The zero-order valence-electron chi connectivity index (χ0n) is 11.4. The maximum atomic E-state index is 10.2. The number of halogens is 1. The van der Waals surface area contributed by atoms with Gasteiger partial charge in [-0.2, -0.15) is 5.10 Å². The van der Waals surface area contributed by atoms with E-state index in [1.54, 1.807) is 0 Å². The Balaban J connectivity index is 3.01. The summed E-state index contributed by atoms with van der Waals surface area (Å²) in [6, 6.07) is 0. The Labute approximate surface area is 112 Å². The SMILES string of the molecule is CCc1nn(CC)c(CC(O)C(C)(C)C)c1Br. The van der Waals surface area contributed by atoms with E-state index < -0.39 is 0 Å². The predicted octanol–water partition coefficient (Wildman–Crippen LogP) is 3.18. The van der Waals surface area contributed by atoms with Crippen LogP contribution < -0.4 is 0 Å². The van der Waals surface area contributed by atoms with Crippen LogP contribution in [0.1, 0.15) is 46.0 Å². The fourth-order valence-corrected chi connectivity index (χ4v) is 2.43. The van der Waals surface area contributed by atoms with Crippen LogP contribution in [-0.2, 0) is 19.4 Å². The highest BCUT2D eigenvalue weighted by atomic mass is 79.9. The van der Waals surface area contributed by atoms with Gasteiger partial charge in [0.05, 0.1) is 22.0 Å². The molecule has 4 heteroatoms. The Morgan fingerprint density at radius 1 is 1.35 bits per heavy atom. The molecule has 1 N–H and O–H groups in total. The van der Waals surface area contributed by atoms with E-state index in [0.29, 0.717) is 6.42 Å². The van der Waals surface area contributed by atoms with E-state index in [-0.39, 0.29) is 11.5 Å². The van der Waals surface area contributed by atoms with Crippen molar-refractivity contribution in [3.05, 3.63) is 15.9 Å². The maximum Gasteiger partial charge on any atom is 0.0766 e. The normalized spacial score (nSPS) is 14.1. The molecule has 1 aromatic rings. The molecule has 1 aromatic heterocycles. The zero-order valence-corrected chi connectivity index (χ0v) is 13.0. The second-order valence-electron chi connectivity index (χ2n) is 5.46. The van der Waals surface area contributed by atoms with Gasteiger partial charge in [-0.05, 0) is 34.7 Å². The Kier molecular flexibility index (Phi) is 4.78. The molecule has 17 heavy (non-hydrogen) atoms. The van der Waals surface area contributed by atoms with Gasteiger partial charge in [-0.3, -0.25) is 4.68 Å². The second-order valence-corrected chi connectivity index (χ2v) is 6.26. The van der Waals surface area contributed by atoms with Crippen LogP contribution in [0.3, 0.4) is 0 Å². The Morgan fingerprint density at radius 2 is 1.94 bits per heavy atom. The smallest absolute Gasteiger partial charge is 0.0766 e. The lowest BCUT2D eigenvalue weighted by molar-refractivity contribution is 0.0616. The minimum absolute atomic E-state index is 0.103. The van der Waals surface area contributed by atoms with Crippen molar-refractivity contribution in [2.24, 2.45) is 5.41 Å². The van der Waals surface area contributed by atoms with Crippen molar-refractivity contribution >= 4 is 15.9 Å². The average Bonchev–Trinajstić information content (AvgIpc) is 2.54. The van der Waals surface area contributed by atoms with Gasteiger partial charge in [0, 0.05) is 13.0 Å². The number of nitrogens with zero attached hydrogens (tertiary/aromatic N) is 2. The van der Waals surface area contributed by atoms with E-state index in [1.807, 2.05) is 4.68 Å². The van der Waals surface area contributed by atoms with Crippen LogP contribution >= 0.6 is 15.9 Å². The molecular weight excluding hydrogens is 280 g/mol. The van der Waals surface area contributed by atoms with E-state index in [0.717, 1.165) is 28.8 Å². The average molecular weight is 303 g/mol. The fraction of sp³-hybridized carbons (Fsp3) is 0.769. The number of hydrogen-bond donors (Lipinski definition) is 1. The van der Waals surface area contributed by atoms with Crippen LogP contribution in [0.25, 0.3) is 0 Å². The standard InChI is InChI=1S/C13H23BrN2O/c1-6-9-12(14)10(16(7-2)15-9)8-11(17)13(3,4)5/h11,17H,6-8H2,1-5H3. The highest BCUT2D eigenvalue weighted by molar-refractivity contribution is 9.10. The van der Waals surface area contributed by atoms with Gasteiger partial charge in [-0.15, -0.1) is 0 Å². The molecule has 0 radical (unpaired) electrons. The minimum Gasteiger partial charge on any atom is -0.392 e. The molecule has 1 atom stereocenters. The molecule has 0 saturated carbocycles. The van der Waals surface area contributed by atoms with Crippen molar-refractivity contribution in [1.82, 2.24) is 9.78 Å². The van der Waals surface area contributed by atoms with E-state index >= 15 is 0 Å². The van der Waals surface area contributed by atoms with Gasteiger partial charge in [0.25, 0.3) is 0 Å². The van der Waals surface area contributed by atoms with Gasteiger partial charge in [0.1, 0.15) is 0 Å². The molecule has 1 heterocycles. The quantitative estimate of drug-likeness (QED) is 0.927. The van der Waals surface area contributed by atoms with Crippen LogP contribution in [-0.4, -0.2) is 21.0 Å². The molecule has 0 fully saturated rings. The van der Waals surface area contributed by atoms with Crippen molar-refractivity contribution < 1.29 is 5.11 Å². The van der Waals surface area contributed by atoms with Gasteiger partial charge in [-0.1, -0.05) is 27.7 Å². The number of hydrogen-bond acceptors (Lipinski definition) is 2. The van der Waals surface area contributed by atoms with Crippen molar-refractivity contribution in [3.63, 3.8) is 0 Å². The second kappa shape index (κ2) is 5.53. The van der Waals surface area contributed by atoms with E-state index in [1.165, 1.54) is 0 Å². The lowest BCUT2D eigenvalue weighted by atomic mass is 9.86. The van der Waals surface area contributed by atoms with Crippen molar-refractivity contribution in [3.8, 4) is 0 Å². The van der Waals surface area contributed by atoms with Gasteiger partial charge >= 0.3 is 0 Å². The first-order valence-electron chi connectivity index (χ1n) is 6.23. The molecule has 0 aromatic carbocycles. The van der Waals surface area contributed by atoms with E-state index in [2.05, 4.69) is 55.6 Å². The Bertz CT molecular complexity index is 380. The minimum atomic E-state index is -0.356. The molecule has 1 rings (SSSR count). The summed E-state index contributed by atoms with van der Waals surface area (Å²) in [7, 11) is 0. The first-order valence-corrected chi connectivity index (χ1v) is 7.02. The van der Waals surface area contributed by atoms with Crippen LogP contribution in [0.2, 0.25) is 0 Å².